The molecule has 1 aliphatic heterocycles. The van der Waals surface area contributed by atoms with E-state index in [0.29, 0.717) is 22.8 Å². The van der Waals surface area contributed by atoms with Crippen molar-refractivity contribution < 1.29 is 0 Å². The molecule has 0 amide bonds. The number of nitriles is 1. The van der Waals surface area contributed by atoms with Crippen LogP contribution < -0.4 is 5.32 Å². The monoisotopic (exact) mass is 230 g/mol. The third-order valence-electron chi connectivity index (χ3n) is 1.70. The first-order chi connectivity index (χ1) is 7.58. The Bertz CT molecular complexity index is 489. The number of nitrogens with one attached hydrogen (secondary N) is 1. The summed E-state index contributed by atoms with van der Waals surface area (Å²) in [5, 5.41) is 12.0. The second-order valence-corrected chi connectivity index (χ2v) is 3.58. The minimum Gasteiger partial charge on any atom is -0.323 e. The Morgan fingerprint density at radius 1 is 1.56 bits per heavy atom. The maximum absolute atomic E-state index is 8.77. The van der Waals surface area contributed by atoms with E-state index in [9.17, 15) is 0 Å². The molecule has 0 unspecified atom stereocenters. The molecule has 0 radical (unpaired) electrons. The lowest BCUT2D eigenvalue weighted by Gasteiger charge is -2.15. The average molecular weight is 230 g/mol. The molecule has 16 heavy (non-hydrogen) atoms. The van der Waals surface area contributed by atoms with Gasteiger partial charge in [-0.2, -0.15) is 5.26 Å². The zero-order chi connectivity index (χ0) is 12.1. The van der Waals surface area contributed by atoms with Crippen molar-refractivity contribution in [2.75, 3.05) is 0 Å². The summed E-state index contributed by atoms with van der Waals surface area (Å²) < 4.78 is 0. The highest BCUT2D eigenvalue weighted by Gasteiger charge is 2.14. The van der Waals surface area contributed by atoms with E-state index in [1.165, 1.54) is 0 Å². The number of aliphatic imine (C=N–C) groups is 2. The van der Waals surface area contributed by atoms with Gasteiger partial charge in [-0.1, -0.05) is 28.1 Å². The molecule has 0 aliphatic carbocycles. The van der Waals surface area contributed by atoms with Gasteiger partial charge in [-0.25, -0.2) is 9.98 Å². The Morgan fingerprint density at radius 2 is 2.25 bits per heavy atom. The van der Waals surface area contributed by atoms with Gasteiger partial charge in [0.05, 0.1) is 0 Å². The summed E-state index contributed by atoms with van der Waals surface area (Å²) in [7, 11) is 3.17. The van der Waals surface area contributed by atoms with Gasteiger partial charge >= 0.3 is 0 Å². The van der Waals surface area contributed by atoms with Crippen molar-refractivity contribution >= 4 is 25.8 Å². The summed E-state index contributed by atoms with van der Waals surface area (Å²) in [6.45, 7) is 9.15. The molecule has 0 atom stereocenters. The molecule has 0 spiro atoms. The summed E-state index contributed by atoms with van der Waals surface area (Å²) in [5.74, 6) is 1.48. The predicted octanol–water partition coefficient (Wildman–Crippen LogP) is 1.83. The number of rotatable bonds is 3. The van der Waals surface area contributed by atoms with Crippen LogP contribution in [0.5, 0.6) is 0 Å². The van der Waals surface area contributed by atoms with Crippen molar-refractivity contribution in [2.45, 2.75) is 6.92 Å². The van der Waals surface area contributed by atoms with E-state index in [1.54, 1.807) is 19.1 Å². The van der Waals surface area contributed by atoms with Crippen LogP contribution in [0.15, 0.2) is 46.7 Å². The van der Waals surface area contributed by atoms with Crippen LogP contribution in [0.25, 0.3) is 0 Å². The van der Waals surface area contributed by atoms with Gasteiger partial charge in [-0.3, -0.25) is 0 Å². The van der Waals surface area contributed by atoms with Crippen LogP contribution in [0.4, 0.5) is 0 Å². The highest BCUT2D eigenvalue weighted by Crippen LogP contribution is 2.07. The highest BCUT2D eigenvalue weighted by atomic mass is 31.0. The van der Waals surface area contributed by atoms with Crippen molar-refractivity contribution in [3.05, 3.63) is 36.7 Å². The van der Waals surface area contributed by atoms with E-state index in [1.807, 2.05) is 6.07 Å². The normalized spacial score (nSPS) is 16.6. The third kappa shape index (κ3) is 2.75. The minimum absolute atomic E-state index is 0.309. The molecule has 1 N–H and O–H groups in total. The standard InChI is InChI=1S/C11H11N4P/c1-4-5-9-13-10(7(2)3)15-11(14-9)8(16)6-12/h4-5,16H,1-2H2,3H3,(H,13,14,15)/b9-5+. The first-order valence-corrected chi connectivity index (χ1v) is 5.00. The third-order valence-corrected chi connectivity index (χ3v) is 2.05. The van der Waals surface area contributed by atoms with Crippen LogP contribution in [0.2, 0.25) is 0 Å². The molecule has 0 fully saturated rings. The molecule has 1 rings (SSSR count). The predicted molar refractivity (Wildman–Crippen MR) is 70.0 cm³/mol. The van der Waals surface area contributed by atoms with Gasteiger partial charge in [0, 0.05) is 0 Å². The average Bonchev–Trinajstić information content (AvgIpc) is 2.28. The van der Waals surface area contributed by atoms with E-state index in [0.717, 1.165) is 5.57 Å². The molecule has 0 aromatic carbocycles. The SMILES string of the molecule is C=C/C=C1\N=C(C(=C)C)N=C(C(=P)C#N)N1. The van der Waals surface area contributed by atoms with Gasteiger partial charge in [0.1, 0.15) is 17.2 Å². The molecule has 1 heterocycles. The van der Waals surface area contributed by atoms with Gasteiger partial charge in [0.15, 0.2) is 11.7 Å². The smallest absolute Gasteiger partial charge is 0.159 e. The van der Waals surface area contributed by atoms with Crippen molar-refractivity contribution in [1.29, 1.82) is 5.26 Å². The summed E-state index contributed by atoms with van der Waals surface area (Å²) in [5.41, 5.74) is 0.728. The maximum atomic E-state index is 8.77. The Hall–Kier alpha value is -1.98. The van der Waals surface area contributed by atoms with E-state index >= 15 is 0 Å². The van der Waals surface area contributed by atoms with E-state index in [-0.39, 0.29) is 0 Å². The topological polar surface area (TPSA) is 60.5 Å². The Kier molecular flexibility index (Phi) is 3.93. The second-order valence-electron chi connectivity index (χ2n) is 3.08. The largest absolute Gasteiger partial charge is 0.323 e. The molecule has 0 bridgehead atoms. The van der Waals surface area contributed by atoms with Crippen LogP contribution >= 0.6 is 8.86 Å². The summed E-state index contributed by atoms with van der Waals surface area (Å²) in [6, 6.07) is 1.96. The summed E-state index contributed by atoms with van der Waals surface area (Å²) in [6.07, 6.45) is 3.29. The van der Waals surface area contributed by atoms with Gasteiger partial charge in [0.25, 0.3) is 0 Å². The number of nitrogens with zero attached hydrogens (tertiary/aromatic N) is 3. The van der Waals surface area contributed by atoms with Crippen LogP contribution in [0.3, 0.4) is 0 Å². The zero-order valence-electron chi connectivity index (χ0n) is 8.91. The molecule has 5 heteroatoms. The summed E-state index contributed by atoms with van der Waals surface area (Å²) >= 11 is 0. The molecule has 0 saturated heterocycles. The zero-order valence-corrected chi connectivity index (χ0v) is 9.91. The summed E-state index contributed by atoms with van der Waals surface area (Å²) in [4.78, 5) is 8.36. The molecule has 0 aromatic rings. The lowest BCUT2D eigenvalue weighted by Crippen LogP contribution is -2.32. The molecule has 80 valence electrons. The fourth-order valence-electron chi connectivity index (χ4n) is 0.975. The molecular formula is C11H11N4P. The molecule has 0 aromatic heterocycles. The van der Waals surface area contributed by atoms with Crippen LogP contribution in [0, 0.1) is 11.3 Å². The number of hydrogen-bond acceptors (Lipinski definition) is 4. The Labute approximate surface area is 96.6 Å². The van der Waals surface area contributed by atoms with E-state index in [2.05, 4.69) is 37.3 Å². The minimum atomic E-state index is 0.309. The van der Waals surface area contributed by atoms with Crippen molar-refractivity contribution in [2.24, 2.45) is 9.98 Å². The number of amidine groups is 2. The molecule has 4 nitrogen and oxygen atoms in total. The fraction of sp³-hybridized carbons (Fsp3) is 0.0909. The van der Waals surface area contributed by atoms with Crippen molar-refractivity contribution in [1.82, 2.24) is 5.32 Å². The first-order valence-electron chi connectivity index (χ1n) is 4.50. The number of allylic oxidation sites excluding steroid dienone is 2. The van der Waals surface area contributed by atoms with Crippen LogP contribution in [0.1, 0.15) is 6.92 Å². The van der Waals surface area contributed by atoms with Crippen LogP contribution in [-0.4, -0.2) is 17.0 Å². The van der Waals surface area contributed by atoms with E-state index < -0.39 is 0 Å². The quantitative estimate of drug-likeness (QED) is 0.752. The van der Waals surface area contributed by atoms with E-state index in [4.69, 9.17) is 5.26 Å². The molecule has 0 saturated carbocycles. The Morgan fingerprint density at radius 3 is 2.75 bits per heavy atom. The van der Waals surface area contributed by atoms with Crippen molar-refractivity contribution in [3.63, 3.8) is 0 Å². The molecule has 1 aliphatic rings. The van der Waals surface area contributed by atoms with Gasteiger partial charge in [0.2, 0.25) is 0 Å². The van der Waals surface area contributed by atoms with Gasteiger partial charge in [-0.15, -0.1) is 0 Å². The number of hydrogen-bond donors (Lipinski definition) is 1. The second kappa shape index (κ2) is 5.20. The Balaban J connectivity index is 3.17. The lowest BCUT2D eigenvalue weighted by atomic mass is 10.3. The lowest BCUT2D eigenvalue weighted by molar-refractivity contribution is 1.06. The molecular weight excluding hydrogens is 219 g/mol. The van der Waals surface area contributed by atoms with Crippen LogP contribution in [-0.2, 0) is 0 Å². The maximum Gasteiger partial charge on any atom is 0.159 e. The fourth-order valence-corrected chi connectivity index (χ4v) is 1.09. The van der Waals surface area contributed by atoms with Crippen molar-refractivity contribution in [3.8, 4) is 6.07 Å². The first kappa shape index (κ1) is 12.1. The highest BCUT2D eigenvalue weighted by molar-refractivity contribution is 7.27. The van der Waals surface area contributed by atoms with Gasteiger partial charge < -0.3 is 5.32 Å². The van der Waals surface area contributed by atoms with Gasteiger partial charge in [-0.05, 0) is 18.6 Å².